The first-order valence-corrected chi connectivity index (χ1v) is 7.93. The Labute approximate surface area is 136 Å². The highest BCUT2D eigenvalue weighted by molar-refractivity contribution is 9.10. The Kier molecular flexibility index (Phi) is 4.42. The van der Waals surface area contributed by atoms with Gasteiger partial charge >= 0.3 is 0 Å². The molecule has 0 radical (unpaired) electrons. The van der Waals surface area contributed by atoms with Crippen LogP contribution >= 0.6 is 27.5 Å². The van der Waals surface area contributed by atoms with Crippen LogP contribution in [-0.4, -0.2) is 19.8 Å². The third-order valence-electron chi connectivity index (χ3n) is 3.26. The van der Waals surface area contributed by atoms with Crippen LogP contribution in [0.2, 0.25) is 5.22 Å². The van der Waals surface area contributed by atoms with Crippen LogP contribution in [0.5, 0.6) is 11.5 Å². The molecule has 3 rings (SSSR count). The van der Waals surface area contributed by atoms with Crippen molar-refractivity contribution in [3.8, 4) is 11.5 Å². The quantitative estimate of drug-likeness (QED) is 0.875. The number of rotatable bonds is 4. The minimum Gasteiger partial charge on any atom is -0.486 e. The maximum atomic E-state index is 5.90. The Morgan fingerprint density at radius 2 is 1.95 bits per heavy atom. The van der Waals surface area contributed by atoms with Crippen molar-refractivity contribution in [1.82, 2.24) is 5.32 Å². The lowest BCUT2D eigenvalue weighted by Gasteiger charge is -2.23. The van der Waals surface area contributed by atoms with E-state index in [4.69, 9.17) is 25.5 Å². The molecule has 0 bridgehead atoms. The van der Waals surface area contributed by atoms with Gasteiger partial charge in [-0.2, -0.15) is 0 Å². The molecule has 0 saturated heterocycles. The fraction of sp³-hybridized carbons (Fsp3) is 0.333. The zero-order valence-corrected chi connectivity index (χ0v) is 13.8. The largest absolute Gasteiger partial charge is 0.486 e. The number of hydrogen-bond donors (Lipinski definition) is 1. The van der Waals surface area contributed by atoms with Crippen LogP contribution in [0.25, 0.3) is 0 Å². The summed E-state index contributed by atoms with van der Waals surface area (Å²) in [5.74, 6) is 2.27. The van der Waals surface area contributed by atoms with Gasteiger partial charge in [-0.25, -0.2) is 0 Å². The van der Waals surface area contributed by atoms with Crippen LogP contribution in [0.1, 0.15) is 24.3 Å². The van der Waals surface area contributed by atoms with Gasteiger partial charge in [-0.05, 0) is 48.0 Å². The maximum absolute atomic E-state index is 5.90. The van der Waals surface area contributed by atoms with Gasteiger partial charge in [0.25, 0.3) is 0 Å². The van der Waals surface area contributed by atoms with Gasteiger partial charge in [0.2, 0.25) is 0 Å². The first-order valence-electron chi connectivity index (χ1n) is 6.76. The van der Waals surface area contributed by atoms with Crippen molar-refractivity contribution in [2.24, 2.45) is 0 Å². The van der Waals surface area contributed by atoms with E-state index in [9.17, 15) is 0 Å². The average molecular weight is 373 g/mol. The summed E-state index contributed by atoms with van der Waals surface area (Å²) >= 11 is 9.50. The number of ether oxygens (including phenoxy) is 2. The highest BCUT2D eigenvalue weighted by atomic mass is 79.9. The molecule has 1 atom stereocenters. The summed E-state index contributed by atoms with van der Waals surface area (Å²) in [5, 5.41) is 3.77. The molecule has 1 unspecified atom stereocenters. The van der Waals surface area contributed by atoms with Gasteiger partial charge in [-0.15, -0.1) is 0 Å². The highest BCUT2D eigenvalue weighted by Gasteiger charge is 2.23. The summed E-state index contributed by atoms with van der Waals surface area (Å²) < 4.78 is 17.7. The second kappa shape index (κ2) is 6.30. The van der Waals surface area contributed by atoms with E-state index < -0.39 is 0 Å². The molecule has 0 aliphatic carbocycles. The summed E-state index contributed by atoms with van der Waals surface area (Å²) in [4.78, 5) is 0. The van der Waals surface area contributed by atoms with E-state index in [2.05, 4.69) is 21.2 Å². The molecule has 0 spiro atoms. The highest BCUT2D eigenvalue weighted by Crippen LogP contribution is 2.39. The molecule has 1 aliphatic heterocycles. The van der Waals surface area contributed by atoms with E-state index in [1.165, 1.54) is 0 Å². The van der Waals surface area contributed by atoms with Gasteiger partial charge in [-0.1, -0.05) is 22.9 Å². The van der Waals surface area contributed by atoms with Crippen LogP contribution in [0.15, 0.2) is 33.2 Å². The predicted octanol–water partition coefficient (Wildman–Crippen LogP) is 4.17. The Hall–Kier alpha value is -1.17. The Balaban J connectivity index is 2.02. The van der Waals surface area contributed by atoms with Crippen molar-refractivity contribution >= 4 is 27.5 Å². The van der Waals surface area contributed by atoms with Crippen molar-refractivity contribution in [1.29, 1.82) is 0 Å². The van der Waals surface area contributed by atoms with Crippen molar-refractivity contribution < 1.29 is 13.9 Å². The lowest BCUT2D eigenvalue weighted by molar-refractivity contribution is 0.171. The summed E-state index contributed by atoms with van der Waals surface area (Å²) in [6.07, 6.45) is 0. The van der Waals surface area contributed by atoms with Gasteiger partial charge in [0.15, 0.2) is 16.7 Å². The molecule has 1 N–H and O–H groups in total. The Morgan fingerprint density at radius 3 is 2.57 bits per heavy atom. The van der Waals surface area contributed by atoms with Crippen LogP contribution in [0.4, 0.5) is 0 Å². The van der Waals surface area contributed by atoms with E-state index in [0.717, 1.165) is 33.8 Å². The normalized spacial score (nSPS) is 15.0. The van der Waals surface area contributed by atoms with Crippen molar-refractivity contribution in [2.45, 2.75) is 13.0 Å². The summed E-state index contributed by atoms with van der Waals surface area (Å²) in [7, 11) is 0. The fourth-order valence-corrected chi connectivity index (χ4v) is 3.06. The summed E-state index contributed by atoms with van der Waals surface area (Å²) in [6, 6.07) is 7.42. The molecular weight excluding hydrogens is 358 g/mol. The van der Waals surface area contributed by atoms with Crippen molar-refractivity contribution in [3.05, 3.63) is 45.3 Å². The van der Waals surface area contributed by atoms with Crippen molar-refractivity contribution in [3.63, 3.8) is 0 Å². The minimum absolute atomic E-state index is 0.104. The summed E-state index contributed by atoms with van der Waals surface area (Å²) in [5.41, 5.74) is 1.02. The Morgan fingerprint density at radius 1 is 1.24 bits per heavy atom. The molecule has 0 fully saturated rings. The molecular formula is C15H15BrClNO3. The molecule has 2 heterocycles. The molecule has 2 aromatic rings. The van der Waals surface area contributed by atoms with Crippen LogP contribution < -0.4 is 14.8 Å². The van der Waals surface area contributed by atoms with Crippen molar-refractivity contribution in [2.75, 3.05) is 19.8 Å². The molecule has 0 saturated carbocycles. The van der Waals surface area contributed by atoms with E-state index in [0.29, 0.717) is 18.4 Å². The molecule has 0 amide bonds. The number of hydrogen-bond acceptors (Lipinski definition) is 4. The van der Waals surface area contributed by atoms with Gasteiger partial charge in [0.1, 0.15) is 19.0 Å². The lowest BCUT2D eigenvalue weighted by atomic mass is 10.0. The maximum Gasteiger partial charge on any atom is 0.193 e. The molecule has 4 nitrogen and oxygen atoms in total. The topological polar surface area (TPSA) is 43.6 Å². The standard InChI is InChI=1S/C15H15BrClNO3/c1-2-18-15(11-3-4-14(17)21-11)9-7-12-13(8-10(9)16)20-6-5-19-12/h3-4,7-8,15,18H,2,5-6H2,1H3. The monoisotopic (exact) mass is 371 g/mol. The minimum atomic E-state index is -0.104. The summed E-state index contributed by atoms with van der Waals surface area (Å²) in [6.45, 7) is 3.98. The third-order valence-corrected chi connectivity index (χ3v) is 4.15. The second-order valence-electron chi connectivity index (χ2n) is 4.65. The molecule has 1 aromatic carbocycles. The van der Waals surface area contributed by atoms with Gasteiger partial charge < -0.3 is 19.2 Å². The molecule has 21 heavy (non-hydrogen) atoms. The first kappa shape index (κ1) is 14.8. The first-order chi connectivity index (χ1) is 10.2. The number of furan rings is 1. The second-order valence-corrected chi connectivity index (χ2v) is 5.88. The SMILES string of the molecule is CCNC(c1ccc(Cl)o1)c1cc2c(cc1Br)OCCO2. The average Bonchev–Trinajstić information content (AvgIpc) is 2.91. The molecule has 1 aliphatic rings. The van der Waals surface area contributed by atoms with Crippen LogP contribution in [0, 0.1) is 0 Å². The van der Waals surface area contributed by atoms with Gasteiger partial charge in [-0.3, -0.25) is 0 Å². The van der Waals surface area contributed by atoms with Gasteiger partial charge in [0, 0.05) is 4.47 Å². The number of benzene rings is 1. The molecule has 1 aromatic heterocycles. The zero-order chi connectivity index (χ0) is 14.8. The number of nitrogens with one attached hydrogen (secondary N) is 1. The van der Waals surface area contributed by atoms with Gasteiger partial charge in [0.05, 0.1) is 6.04 Å². The number of fused-ring (bicyclic) bond motifs is 1. The van der Waals surface area contributed by atoms with Crippen LogP contribution in [-0.2, 0) is 0 Å². The number of halogens is 2. The van der Waals surface area contributed by atoms with Crippen LogP contribution in [0.3, 0.4) is 0 Å². The van der Waals surface area contributed by atoms with E-state index in [1.807, 2.05) is 25.1 Å². The zero-order valence-electron chi connectivity index (χ0n) is 11.5. The van der Waals surface area contributed by atoms with E-state index in [-0.39, 0.29) is 6.04 Å². The molecule has 6 heteroatoms. The van der Waals surface area contributed by atoms with E-state index in [1.54, 1.807) is 6.07 Å². The smallest absolute Gasteiger partial charge is 0.193 e. The predicted molar refractivity (Wildman–Crippen MR) is 84.4 cm³/mol. The fourth-order valence-electron chi connectivity index (χ4n) is 2.35. The Bertz CT molecular complexity index is 644. The lowest BCUT2D eigenvalue weighted by Crippen LogP contribution is -2.23. The van der Waals surface area contributed by atoms with E-state index >= 15 is 0 Å². The third kappa shape index (κ3) is 3.05. The molecule has 112 valence electrons.